The van der Waals surface area contributed by atoms with Gasteiger partial charge in [-0.05, 0) is 75.0 Å². The number of hydrogen-bond donors (Lipinski definition) is 3. The maximum absolute atomic E-state index is 11.3. The van der Waals surface area contributed by atoms with Crippen molar-refractivity contribution in [2.75, 3.05) is 12.4 Å². The minimum absolute atomic E-state index is 0.00769. The van der Waals surface area contributed by atoms with Crippen molar-refractivity contribution < 1.29 is 24.9 Å². The van der Waals surface area contributed by atoms with Crippen LogP contribution < -0.4 is 0 Å². The van der Waals surface area contributed by atoms with Crippen LogP contribution in [-0.2, 0) is 9.53 Å². The molecule has 2 aliphatic rings. The summed E-state index contributed by atoms with van der Waals surface area (Å²) in [4.78, 5) is 11.3. The van der Waals surface area contributed by atoms with E-state index < -0.39 is 17.9 Å². The number of halogens is 1. The fourth-order valence-electron chi connectivity index (χ4n) is 4.88. The Kier molecular flexibility index (Phi) is 10.5. The summed E-state index contributed by atoms with van der Waals surface area (Å²) < 4.78 is 4.31. The van der Waals surface area contributed by atoms with Crippen molar-refractivity contribution >= 4 is 21.9 Å². The molecule has 30 heavy (non-hydrogen) atoms. The van der Waals surface area contributed by atoms with Crippen molar-refractivity contribution in [3.63, 3.8) is 0 Å². The van der Waals surface area contributed by atoms with Crippen molar-refractivity contribution in [1.29, 1.82) is 0 Å². The molecule has 3 atom stereocenters. The van der Waals surface area contributed by atoms with Crippen LogP contribution in [0.3, 0.4) is 0 Å². The van der Waals surface area contributed by atoms with E-state index >= 15 is 0 Å². The highest BCUT2D eigenvalue weighted by atomic mass is 79.9. The van der Waals surface area contributed by atoms with Crippen LogP contribution >= 0.6 is 15.9 Å². The standard InChI is InChI=1S/C24H39BrO5/c1-30-22(27)24(28,29)21(26)13-3-2-9-19-10-6-11-20(19)12-7-15-23(16-8-17-23)14-4-5-18-25/h2-3,7,12,19-21,26,28-29H,4-6,8-11,13-18H2,1H3/t19-,20+,21?/m0/s1. The summed E-state index contributed by atoms with van der Waals surface area (Å²) in [7, 11) is 1.05. The summed E-state index contributed by atoms with van der Waals surface area (Å²) in [6.45, 7) is 0. The van der Waals surface area contributed by atoms with Crippen LogP contribution in [0.1, 0.15) is 77.0 Å². The first kappa shape index (κ1) is 25.6. The normalized spacial score (nSPS) is 25.0. The predicted molar refractivity (Wildman–Crippen MR) is 122 cm³/mol. The Labute approximate surface area is 189 Å². The largest absolute Gasteiger partial charge is 0.465 e. The Bertz CT molecular complexity index is 582. The third-order valence-electron chi connectivity index (χ3n) is 7.07. The van der Waals surface area contributed by atoms with Gasteiger partial charge in [-0.15, -0.1) is 0 Å². The number of ether oxygens (including phenoxy) is 1. The molecule has 2 rings (SSSR count). The molecule has 0 aromatic heterocycles. The average molecular weight is 487 g/mol. The second-order valence-electron chi connectivity index (χ2n) is 9.16. The number of carbonyl (C=O) groups excluding carboxylic acids is 1. The second kappa shape index (κ2) is 12.4. The molecule has 0 aromatic carbocycles. The van der Waals surface area contributed by atoms with E-state index in [0.717, 1.165) is 18.9 Å². The van der Waals surface area contributed by atoms with E-state index in [1.807, 2.05) is 6.08 Å². The molecule has 0 radical (unpaired) electrons. The van der Waals surface area contributed by atoms with Gasteiger partial charge in [-0.1, -0.05) is 59.5 Å². The summed E-state index contributed by atoms with van der Waals surface area (Å²) in [5, 5.41) is 30.3. The van der Waals surface area contributed by atoms with E-state index in [2.05, 4.69) is 32.8 Å². The SMILES string of the molecule is COC(=O)C(O)(O)C(O)CC=CC[C@H]1CCC[C@@H]1C=CCC1(CCCCBr)CCC1. The van der Waals surface area contributed by atoms with Crippen LogP contribution in [0.15, 0.2) is 24.3 Å². The summed E-state index contributed by atoms with van der Waals surface area (Å²) in [5.41, 5.74) is 0.559. The van der Waals surface area contributed by atoms with Crippen molar-refractivity contribution in [1.82, 2.24) is 0 Å². The Morgan fingerprint density at radius 1 is 1.20 bits per heavy atom. The number of aliphatic hydroxyl groups is 3. The number of methoxy groups -OCH3 is 1. The van der Waals surface area contributed by atoms with Gasteiger partial charge in [-0.25, -0.2) is 4.79 Å². The van der Waals surface area contributed by atoms with Gasteiger partial charge in [0.05, 0.1) is 7.11 Å². The molecule has 2 aliphatic carbocycles. The van der Waals surface area contributed by atoms with E-state index in [-0.39, 0.29) is 6.42 Å². The van der Waals surface area contributed by atoms with Crippen molar-refractivity contribution in [3.8, 4) is 0 Å². The zero-order chi connectivity index (χ0) is 22.0. The molecule has 2 saturated carbocycles. The van der Waals surface area contributed by atoms with E-state index in [9.17, 15) is 20.1 Å². The van der Waals surface area contributed by atoms with Gasteiger partial charge in [0.25, 0.3) is 5.79 Å². The monoisotopic (exact) mass is 486 g/mol. The fraction of sp³-hybridized carbons (Fsp3) is 0.792. The van der Waals surface area contributed by atoms with Crippen LogP contribution in [0.5, 0.6) is 0 Å². The first-order valence-electron chi connectivity index (χ1n) is 11.4. The lowest BCUT2D eigenvalue weighted by atomic mass is 9.64. The Hall–Kier alpha value is -0.690. The first-order valence-corrected chi connectivity index (χ1v) is 12.6. The van der Waals surface area contributed by atoms with Crippen molar-refractivity contribution in [2.24, 2.45) is 17.3 Å². The molecule has 6 heteroatoms. The quantitative estimate of drug-likeness (QED) is 0.116. The molecule has 0 amide bonds. The summed E-state index contributed by atoms with van der Waals surface area (Å²) >= 11 is 3.54. The molecule has 0 aromatic rings. The Morgan fingerprint density at radius 3 is 2.60 bits per heavy atom. The lowest BCUT2D eigenvalue weighted by Gasteiger charge is -2.42. The lowest BCUT2D eigenvalue weighted by molar-refractivity contribution is -0.238. The van der Waals surface area contributed by atoms with Crippen LogP contribution in [0, 0.1) is 17.3 Å². The maximum Gasteiger partial charge on any atom is 0.369 e. The number of allylic oxidation sites excluding steroid dienone is 3. The molecule has 0 bridgehead atoms. The third-order valence-corrected chi connectivity index (χ3v) is 7.63. The molecule has 0 spiro atoms. The Morgan fingerprint density at radius 2 is 1.97 bits per heavy atom. The number of hydrogen-bond acceptors (Lipinski definition) is 5. The van der Waals surface area contributed by atoms with Gasteiger partial charge in [0, 0.05) is 5.33 Å². The number of aliphatic hydroxyl groups excluding tert-OH is 1. The smallest absolute Gasteiger partial charge is 0.369 e. The second-order valence-corrected chi connectivity index (χ2v) is 9.96. The van der Waals surface area contributed by atoms with Gasteiger partial charge in [0.15, 0.2) is 0 Å². The third kappa shape index (κ3) is 7.18. The minimum atomic E-state index is -2.87. The van der Waals surface area contributed by atoms with E-state index in [1.165, 1.54) is 64.2 Å². The van der Waals surface area contributed by atoms with Crippen LogP contribution in [0.4, 0.5) is 0 Å². The van der Waals surface area contributed by atoms with Gasteiger partial charge in [-0.3, -0.25) is 0 Å². The van der Waals surface area contributed by atoms with Gasteiger partial charge < -0.3 is 20.1 Å². The molecule has 172 valence electrons. The minimum Gasteiger partial charge on any atom is -0.465 e. The topological polar surface area (TPSA) is 87.0 Å². The van der Waals surface area contributed by atoms with Crippen LogP contribution in [0.2, 0.25) is 0 Å². The number of alkyl halides is 1. The summed E-state index contributed by atoms with van der Waals surface area (Å²) in [6, 6.07) is 0. The predicted octanol–water partition coefficient (Wildman–Crippen LogP) is 4.64. The van der Waals surface area contributed by atoms with E-state index in [0.29, 0.717) is 17.3 Å². The van der Waals surface area contributed by atoms with Gasteiger partial charge >= 0.3 is 5.97 Å². The first-order chi connectivity index (χ1) is 14.3. The molecule has 0 saturated heterocycles. The molecular weight excluding hydrogens is 448 g/mol. The molecule has 2 fully saturated rings. The highest BCUT2D eigenvalue weighted by Crippen LogP contribution is 2.48. The number of rotatable bonds is 13. The number of carbonyl (C=O) groups is 1. The molecule has 3 N–H and O–H groups in total. The van der Waals surface area contributed by atoms with Gasteiger partial charge in [-0.2, -0.15) is 0 Å². The van der Waals surface area contributed by atoms with Crippen molar-refractivity contribution in [3.05, 3.63) is 24.3 Å². The zero-order valence-corrected chi connectivity index (χ0v) is 19.9. The number of esters is 1. The zero-order valence-electron chi connectivity index (χ0n) is 18.3. The van der Waals surface area contributed by atoms with E-state index in [4.69, 9.17) is 0 Å². The average Bonchev–Trinajstić information content (AvgIpc) is 3.15. The Balaban J connectivity index is 1.77. The highest BCUT2D eigenvalue weighted by Gasteiger charge is 2.42. The fourth-order valence-corrected chi connectivity index (χ4v) is 5.28. The number of unbranched alkanes of at least 4 members (excludes halogenated alkanes) is 1. The molecular formula is C24H39BrO5. The van der Waals surface area contributed by atoms with Gasteiger partial charge in [0.1, 0.15) is 6.10 Å². The summed E-state index contributed by atoms with van der Waals surface area (Å²) in [6.07, 6.45) is 20.8. The highest BCUT2D eigenvalue weighted by molar-refractivity contribution is 9.09. The molecule has 0 aliphatic heterocycles. The van der Waals surface area contributed by atoms with Crippen molar-refractivity contribution in [2.45, 2.75) is 88.9 Å². The summed E-state index contributed by atoms with van der Waals surface area (Å²) in [5.74, 6) is -2.93. The molecule has 1 unspecified atom stereocenters. The molecule has 5 nitrogen and oxygen atoms in total. The van der Waals surface area contributed by atoms with Gasteiger partial charge in [0.2, 0.25) is 0 Å². The molecule has 0 heterocycles. The van der Waals surface area contributed by atoms with Crippen LogP contribution in [-0.4, -0.2) is 45.6 Å². The van der Waals surface area contributed by atoms with Crippen LogP contribution in [0.25, 0.3) is 0 Å². The lowest BCUT2D eigenvalue weighted by Crippen LogP contribution is -2.50. The maximum atomic E-state index is 11.3. The van der Waals surface area contributed by atoms with E-state index in [1.54, 1.807) is 6.08 Å².